The molecule has 0 saturated carbocycles. The van der Waals surface area contributed by atoms with E-state index in [-0.39, 0.29) is 6.03 Å². The number of benzene rings is 2. The smallest absolute Gasteiger partial charge is 0.321 e. The van der Waals surface area contributed by atoms with Crippen molar-refractivity contribution in [2.24, 2.45) is 0 Å². The number of nitrogens with zero attached hydrogens (tertiary/aromatic N) is 1. The van der Waals surface area contributed by atoms with Crippen molar-refractivity contribution in [1.29, 1.82) is 0 Å². The highest BCUT2D eigenvalue weighted by atomic mass is 16.3. The lowest BCUT2D eigenvalue weighted by Crippen LogP contribution is -2.30. The maximum atomic E-state index is 12.1. The van der Waals surface area contributed by atoms with Crippen LogP contribution in [0.15, 0.2) is 54.6 Å². The van der Waals surface area contributed by atoms with Crippen LogP contribution in [0.5, 0.6) is 0 Å². The molecule has 110 valence electrons. The Morgan fingerprint density at radius 1 is 1.14 bits per heavy atom. The summed E-state index contributed by atoms with van der Waals surface area (Å²) < 4.78 is 0. The number of urea groups is 1. The number of rotatable bonds is 4. The van der Waals surface area contributed by atoms with Gasteiger partial charge in [0.2, 0.25) is 0 Å². The summed E-state index contributed by atoms with van der Waals surface area (Å²) in [6, 6.07) is 16.9. The second-order valence-corrected chi connectivity index (χ2v) is 5.07. The molecule has 2 N–H and O–H groups in total. The SMILES string of the molecule is CC(O)c1ccc(NC(=O)N(C)Cc2ccccc2)cc1. The van der Waals surface area contributed by atoms with E-state index in [9.17, 15) is 9.90 Å². The van der Waals surface area contributed by atoms with Crippen LogP contribution < -0.4 is 5.32 Å². The van der Waals surface area contributed by atoms with Crippen LogP contribution in [-0.4, -0.2) is 23.1 Å². The highest BCUT2D eigenvalue weighted by molar-refractivity contribution is 5.89. The number of aliphatic hydroxyl groups is 1. The van der Waals surface area contributed by atoms with E-state index in [2.05, 4.69) is 5.32 Å². The average molecular weight is 284 g/mol. The van der Waals surface area contributed by atoms with Gasteiger partial charge in [-0.15, -0.1) is 0 Å². The Balaban J connectivity index is 1.94. The van der Waals surface area contributed by atoms with Crippen LogP contribution in [0.25, 0.3) is 0 Å². The highest BCUT2D eigenvalue weighted by Crippen LogP contribution is 2.16. The number of nitrogens with one attached hydrogen (secondary N) is 1. The summed E-state index contributed by atoms with van der Waals surface area (Å²) in [6.45, 7) is 2.26. The minimum atomic E-state index is -0.504. The number of anilines is 1. The van der Waals surface area contributed by atoms with Crippen molar-refractivity contribution in [2.45, 2.75) is 19.6 Å². The van der Waals surface area contributed by atoms with Crippen LogP contribution in [0.2, 0.25) is 0 Å². The van der Waals surface area contributed by atoms with Gasteiger partial charge in [-0.25, -0.2) is 4.79 Å². The van der Waals surface area contributed by atoms with Gasteiger partial charge in [-0.05, 0) is 30.2 Å². The molecule has 0 radical (unpaired) electrons. The Morgan fingerprint density at radius 2 is 1.76 bits per heavy atom. The third-order valence-corrected chi connectivity index (χ3v) is 3.25. The van der Waals surface area contributed by atoms with Gasteiger partial charge in [-0.1, -0.05) is 42.5 Å². The standard InChI is InChI=1S/C17H20N2O2/c1-13(20)15-8-10-16(11-9-15)18-17(21)19(2)12-14-6-4-3-5-7-14/h3-11,13,20H,12H2,1-2H3,(H,18,21). The summed E-state index contributed by atoms with van der Waals surface area (Å²) in [5, 5.41) is 12.3. The van der Waals surface area contributed by atoms with Crippen LogP contribution in [0, 0.1) is 0 Å². The van der Waals surface area contributed by atoms with E-state index in [0.29, 0.717) is 12.2 Å². The van der Waals surface area contributed by atoms with Crippen LogP contribution in [0.4, 0.5) is 10.5 Å². The van der Waals surface area contributed by atoms with E-state index in [1.807, 2.05) is 30.3 Å². The molecule has 2 aromatic rings. The minimum Gasteiger partial charge on any atom is -0.389 e. The quantitative estimate of drug-likeness (QED) is 0.904. The Kier molecular flexibility index (Phi) is 4.95. The molecule has 0 bridgehead atoms. The predicted molar refractivity (Wildman–Crippen MR) is 84.0 cm³/mol. The molecule has 0 fully saturated rings. The number of amides is 2. The second kappa shape index (κ2) is 6.90. The molecule has 2 aromatic carbocycles. The largest absolute Gasteiger partial charge is 0.389 e. The summed E-state index contributed by atoms with van der Waals surface area (Å²) in [5.74, 6) is 0. The Bertz CT molecular complexity index is 579. The van der Waals surface area contributed by atoms with Crippen LogP contribution in [0.3, 0.4) is 0 Å². The zero-order valence-electron chi connectivity index (χ0n) is 12.3. The third kappa shape index (κ3) is 4.33. The Morgan fingerprint density at radius 3 is 2.33 bits per heavy atom. The summed E-state index contributed by atoms with van der Waals surface area (Å²) in [6.07, 6.45) is -0.504. The van der Waals surface area contributed by atoms with Gasteiger partial charge < -0.3 is 15.3 Å². The first kappa shape index (κ1) is 15.1. The molecule has 0 aromatic heterocycles. The van der Waals surface area contributed by atoms with Gasteiger partial charge in [0.15, 0.2) is 0 Å². The van der Waals surface area contributed by atoms with E-state index in [1.165, 1.54) is 0 Å². The lowest BCUT2D eigenvalue weighted by Gasteiger charge is -2.18. The molecular formula is C17H20N2O2. The van der Waals surface area contributed by atoms with Gasteiger partial charge in [-0.3, -0.25) is 0 Å². The maximum absolute atomic E-state index is 12.1. The summed E-state index contributed by atoms with van der Waals surface area (Å²) in [4.78, 5) is 13.7. The number of aliphatic hydroxyl groups excluding tert-OH is 1. The molecule has 0 aliphatic rings. The summed E-state index contributed by atoms with van der Waals surface area (Å²) >= 11 is 0. The Labute approximate surface area is 125 Å². The molecule has 4 nitrogen and oxygen atoms in total. The average Bonchev–Trinajstić information content (AvgIpc) is 2.48. The zero-order valence-corrected chi connectivity index (χ0v) is 12.3. The van der Waals surface area contributed by atoms with Crippen LogP contribution in [0.1, 0.15) is 24.2 Å². The fourth-order valence-corrected chi connectivity index (χ4v) is 1.99. The first-order chi connectivity index (χ1) is 10.1. The van der Waals surface area contributed by atoms with Crippen molar-refractivity contribution >= 4 is 11.7 Å². The van der Waals surface area contributed by atoms with E-state index in [0.717, 1.165) is 11.1 Å². The monoisotopic (exact) mass is 284 g/mol. The molecule has 1 atom stereocenters. The highest BCUT2D eigenvalue weighted by Gasteiger charge is 2.09. The normalized spacial score (nSPS) is 11.8. The van der Waals surface area contributed by atoms with Crippen molar-refractivity contribution in [1.82, 2.24) is 4.90 Å². The van der Waals surface area contributed by atoms with E-state index in [1.54, 1.807) is 43.1 Å². The molecule has 0 aliphatic carbocycles. The fourth-order valence-electron chi connectivity index (χ4n) is 1.99. The second-order valence-electron chi connectivity index (χ2n) is 5.07. The first-order valence-corrected chi connectivity index (χ1v) is 6.90. The van der Waals surface area contributed by atoms with Crippen LogP contribution >= 0.6 is 0 Å². The van der Waals surface area contributed by atoms with Crippen molar-refractivity contribution in [3.05, 3.63) is 65.7 Å². The molecule has 21 heavy (non-hydrogen) atoms. The molecular weight excluding hydrogens is 264 g/mol. The molecule has 0 spiro atoms. The van der Waals surface area contributed by atoms with Crippen molar-refractivity contribution in [2.75, 3.05) is 12.4 Å². The fraction of sp³-hybridized carbons (Fsp3) is 0.235. The van der Waals surface area contributed by atoms with Gasteiger partial charge in [-0.2, -0.15) is 0 Å². The molecule has 2 amide bonds. The lowest BCUT2D eigenvalue weighted by atomic mass is 10.1. The van der Waals surface area contributed by atoms with Gasteiger partial charge in [0.1, 0.15) is 0 Å². The number of carbonyl (C=O) groups is 1. The van der Waals surface area contributed by atoms with Crippen molar-refractivity contribution in [3.63, 3.8) is 0 Å². The van der Waals surface area contributed by atoms with E-state index >= 15 is 0 Å². The van der Waals surface area contributed by atoms with Gasteiger partial charge in [0.05, 0.1) is 6.10 Å². The molecule has 0 aliphatic heterocycles. The molecule has 2 rings (SSSR count). The molecule has 0 saturated heterocycles. The summed E-state index contributed by atoms with van der Waals surface area (Å²) in [7, 11) is 1.76. The number of hydrogen-bond acceptors (Lipinski definition) is 2. The summed E-state index contributed by atoms with van der Waals surface area (Å²) in [5.41, 5.74) is 2.62. The third-order valence-electron chi connectivity index (χ3n) is 3.25. The van der Waals surface area contributed by atoms with Crippen molar-refractivity contribution in [3.8, 4) is 0 Å². The Hall–Kier alpha value is -2.33. The van der Waals surface area contributed by atoms with Gasteiger partial charge in [0, 0.05) is 19.3 Å². The minimum absolute atomic E-state index is 0.163. The topological polar surface area (TPSA) is 52.6 Å². The first-order valence-electron chi connectivity index (χ1n) is 6.90. The molecule has 0 heterocycles. The molecule has 4 heteroatoms. The molecule has 1 unspecified atom stereocenters. The number of carbonyl (C=O) groups excluding carboxylic acids is 1. The van der Waals surface area contributed by atoms with Gasteiger partial charge >= 0.3 is 6.03 Å². The maximum Gasteiger partial charge on any atom is 0.321 e. The zero-order chi connectivity index (χ0) is 15.2. The van der Waals surface area contributed by atoms with Crippen LogP contribution in [-0.2, 0) is 6.54 Å². The predicted octanol–water partition coefficient (Wildman–Crippen LogP) is 3.40. The lowest BCUT2D eigenvalue weighted by molar-refractivity contribution is 0.199. The van der Waals surface area contributed by atoms with Crippen molar-refractivity contribution < 1.29 is 9.90 Å². The van der Waals surface area contributed by atoms with E-state index in [4.69, 9.17) is 0 Å². The van der Waals surface area contributed by atoms with Gasteiger partial charge in [0.25, 0.3) is 0 Å². The number of hydrogen-bond donors (Lipinski definition) is 2. The van der Waals surface area contributed by atoms with E-state index < -0.39 is 6.10 Å².